The molecule has 6 nitrogen and oxygen atoms in total. The minimum absolute atomic E-state index is 0.137. The highest BCUT2D eigenvalue weighted by Crippen LogP contribution is 2.30. The number of ether oxygens (including phenoxy) is 1. The zero-order valence-corrected chi connectivity index (χ0v) is 17.3. The Morgan fingerprint density at radius 2 is 2.00 bits per heavy atom. The number of carbonyl (C=O) groups excluding carboxylic acids is 2. The van der Waals surface area contributed by atoms with Gasteiger partial charge in [-0.2, -0.15) is 0 Å². The van der Waals surface area contributed by atoms with Crippen LogP contribution in [0.1, 0.15) is 51.5 Å². The second-order valence-electron chi connectivity index (χ2n) is 7.32. The molecule has 8 heteroatoms. The lowest BCUT2D eigenvalue weighted by Crippen LogP contribution is -2.39. The number of thiophene rings is 1. The number of nitrogens with zero attached hydrogens (tertiary/aromatic N) is 2. The molecular formula is C18H23N3O3S2. The molecule has 2 aromatic rings. The average molecular weight is 394 g/mol. The third-order valence-corrected chi connectivity index (χ3v) is 5.85. The molecule has 0 radical (unpaired) electrons. The van der Waals surface area contributed by atoms with Gasteiger partial charge in [-0.05, 0) is 40.7 Å². The summed E-state index contributed by atoms with van der Waals surface area (Å²) in [6.45, 7) is 10.5. The van der Waals surface area contributed by atoms with Crippen LogP contribution in [-0.2, 0) is 17.7 Å². The van der Waals surface area contributed by atoms with Gasteiger partial charge in [0.2, 0.25) is 0 Å². The Morgan fingerprint density at radius 1 is 1.27 bits per heavy atom. The topological polar surface area (TPSA) is 71.5 Å². The summed E-state index contributed by atoms with van der Waals surface area (Å²) >= 11 is 3.03. The highest BCUT2D eigenvalue weighted by atomic mass is 32.1. The number of amides is 2. The lowest BCUT2D eigenvalue weighted by atomic mass is 10.2. The molecule has 26 heavy (non-hydrogen) atoms. The van der Waals surface area contributed by atoms with Gasteiger partial charge in [0.25, 0.3) is 5.91 Å². The van der Waals surface area contributed by atoms with E-state index < -0.39 is 5.60 Å². The highest BCUT2D eigenvalue weighted by molar-refractivity contribution is 7.16. The normalized spacial score (nSPS) is 14.1. The van der Waals surface area contributed by atoms with Crippen LogP contribution >= 0.6 is 22.7 Å². The third kappa shape index (κ3) is 4.24. The fourth-order valence-electron chi connectivity index (χ4n) is 2.75. The summed E-state index contributed by atoms with van der Waals surface area (Å²) in [5, 5.41) is 3.47. The summed E-state index contributed by atoms with van der Waals surface area (Å²) in [5.74, 6) is -0.137. The zero-order chi connectivity index (χ0) is 19.1. The number of hydrogen-bond acceptors (Lipinski definition) is 6. The number of aromatic nitrogens is 1. The summed E-state index contributed by atoms with van der Waals surface area (Å²) in [6.07, 6.45) is 0.351. The predicted octanol–water partition coefficient (Wildman–Crippen LogP) is 4.37. The first-order valence-corrected chi connectivity index (χ1v) is 10.1. The van der Waals surface area contributed by atoms with Gasteiger partial charge in [-0.15, -0.1) is 11.3 Å². The number of rotatable bonds is 2. The molecule has 0 saturated heterocycles. The average Bonchev–Trinajstić information content (AvgIpc) is 3.06. The number of hydrogen-bond donors (Lipinski definition) is 1. The van der Waals surface area contributed by atoms with Gasteiger partial charge in [0.05, 0.1) is 17.8 Å². The van der Waals surface area contributed by atoms with Gasteiger partial charge < -0.3 is 9.64 Å². The molecular weight excluding hydrogens is 370 g/mol. The van der Waals surface area contributed by atoms with Crippen molar-refractivity contribution in [2.75, 3.05) is 11.9 Å². The van der Waals surface area contributed by atoms with E-state index in [1.165, 1.54) is 11.3 Å². The van der Waals surface area contributed by atoms with Crippen LogP contribution in [0, 0.1) is 13.8 Å². The lowest BCUT2D eigenvalue weighted by molar-refractivity contribution is 0.0225. The van der Waals surface area contributed by atoms with E-state index in [1.54, 1.807) is 16.2 Å². The van der Waals surface area contributed by atoms with Crippen LogP contribution in [0.5, 0.6) is 0 Å². The first kappa shape index (κ1) is 18.8. The molecule has 2 aromatic heterocycles. The number of aryl methyl sites for hydroxylation is 2. The first-order valence-electron chi connectivity index (χ1n) is 8.47. The van der Waals surface area contributed by atoms with Crippen LogP contribution in [0.3, 0.4) is 0 Å². The second-order valence-corrected chi connectivity index (χ2v) is 9.87. The summed E-state index contributed by atoms with van der Waals surface area (Å²) in [6, 6.07) is 1.90. The highest BCUT2D eigenvalue weighted by Gasteiger charge is 2.28. The maximum absolute atomic E-state index is 12.5. The number of thiazole rings is 1. The van der Waals surface area contributed by atoms with Crippen molar-refractivity contribution in [1.29, 1.82) is 0 Å². The van der Waals surface area contributed by atoms with Crippen LogP contribution in [-0.4, -0.2) is 34.0 Å². The second kappa shape index (κ2) is 7.00. The van der Waals surface area contributed by atoms with E-state index in [4.69, 9.17) is 4.74 Å². The standard InChI is InChI=1S/C18H23N3O3S2/c1-10-8-12(11(2)25-10)15(22)20-16-19-13-6-7-21(9-14(13)26-16)17(23)24-18(3,4)5/h8H,6-7,9H2,1-5H3,(H,19,20,22). The molecule has 140 valence electrons. The van der Waals surface area contributed by atoms with Crippen molar-refractivity contribution in [2.24, 2.45) is 0 Å². The Bertz CT molecular complexity index is 848. The van der Waals surface area contributed by atoms with Crippen molar-refractivity contribution in [3.63, 3.8) is 0 Å². The number of anilines is 1. The Morgan fingerprint density at radius 3 is 2.62 bits per heavy atom. The maximum atomic E-state index is 12.5. The predicted molar refractivity (Wildman–Crippen MR) is 104 cm³/mol. The molecule has 0 spiro atoms. The van der Waals surface area contributed by atoms with Crippen LogP contribution < -0.4 is 5.32 Å². The molecule has 3 heterocycles. The molecule has 1 N–H and O–H groups in total. The fourth-order valence-corrected chi connectivity index (χ4v) is 4.69. The largest absolute Gasteiger partial charge is 0.444 e. The van der Waals surface area contributed by atoms with E-state index in [9.17, 15) is 9.59 Å². The van der Waals surface area contributed by atoms with Gasteiger partial charge >= 0.3 is 6.09 Å². The van der Waals surface area contributed by atoms with Gasteiger partial charge in [0.15, 0.2) is 5.13 Å². The minimum atomic E-state index is -0.513. The van der Waals surface area contributed by atoms with Crippen LogP contribution in [0.15, 0.2) is 6.07 Å². The number of nitrogens with one attached hydrogen (secondary N) is 1. The van der Waals surface area contributed by atoms with Crippen molar-refractivity contribution in [2.45, 2.75) is 53.2 Å². The van der Waals surface area contributed by atoms with E-state index in [0.29, 0.717) is 30.2 Å². The molecule has 0 bridgehead atoms. The van der Waals surface area contributed by atoms with Gasteiger partial charge in [0.1, 0.15) is 5.60 Å². The number of fused-ring (bicyclic) bond motifs is 1. The van der Waals surface area contributed by atoms with Crippen LogP contribution in [0.25, 0.3) is 0 Å². The molecule has 0 fully saturated rings. The summed E-state index contributed by atoms with van der Waals surface area (Å²) in [4.78, 5) is 34.0. The zero-order valence-electron chi connectivity index (χ0n) is 15.6. The van der Waals surface area contributed by atoms with E-state index >= 15 is 0 Å². The molecule has 1 aliphatic rings. The SMILES string of the molecule is Cc1cc(C(=O)Nc2nc3c(s2)CN(C(=O)OC(C)(C)C)CC3)c(C)s1. The van der Waals surface area contributed by atoms with E-state index in [1.807, 2.05) is 40.7 Å². The van der Waals surface area contributed by atoms with Gasteiger partial charge in [-0.25, -0.2) is 9.78 Å². The number of carbonyl (C=O) groups is 2. The van der Waals surface area contributed by atoms with Gasteiger partial charge in [-0.3, -0.25) is 10.1 Å². The Labute approximate surface area is 161 Å². The quantitative estimate of drug-likeness (QED) is 0.822. The summed E-state index contributed by atoms with van der Waals surface area (Å²) in [5.41, 5.74) is 1.13. The van der Waals surface area contributed by atoms with Gasteiger partial charge in [-0.1, -0.05) is 11.3 Å². The Hall–Kier alpha value is -1.93. The van der Waals surface area contributed by atoms with Crippen LogP contribution in [0.2, 0.25) is 0 Å². The van der Waals surface area contributed by atoms with Crippen molar-refractivity contribution in [3.05, 3.63) is 32.0 Å². The molecule has 2 amide bonds. The summed E-state index contributed by atoms with van der Waals surface area (Å²) < 4.78 is 5.44. The minimum Gasteiger partial charge on any atom is -0.444 e. The van der Waals surface area contributed by atoms with Crippen molar-refractivity contribution in [3.8, 4) is 0 Å². The molecule has 0 aliphatic carbocycles. The monoisotopic (exact) mass is 393 g/mol. The van der Waals surface area contributed by atoms with E-state index in [2.05, 4.69) is 10.3 Å². The van der Waals surface area contributed by atoms with Gasteiger partial charge in [0, 0.05) is 27.6 Å². The molecule has 0 unspecified atom stereocenters. The van der Waals surface area contributed by atoms with Crippen LogP contribution in [0.4, 0.5) is 9.93 Å². The summed E-state index contributed by atoms with van der Waals surface area (Å²) in [7, 11) is 0. The van der Waals surface area contributed by atoms with E-state index in [-0.39, 0.29) is 12.0 Å². The molecule has 0 saturated carbocycles. The fraction of sp³-hybridized carbons (Fsp3) is 0.500. The maximum Gasteiger partial charge on any atom is 0.410 e. The van der Waals surface area contributed by atoms with E-state index in [0.717, 1.165) is 20.3 Å². The first-order chi connectivity index (χ1) is 12.1. The lowest BCUT2D eigenvalue weighted by Gasteiger charge is -2.29. The smallest absolute Gasteiger partial charge is 0.410 e. The third-order valence-electron chi connectivity index (χ3n) is 3.89. The molecule has 0 aromatic carbocycles. The Balaban J connectivity index is 1.69. The van der Waals surface area contributed by atoms with Crippen molar-refractivity contribution < 1.29 is 14.3 Å². The van der Waals surface area contributed by atoms with Crippen molar-refractivity contribution >= 4 is 39.8 Å². The molecule has 3 rings (SSSR count). The van der Waals surface area contributed by atoms with Crippen molar-refractivity contribution in [1.82, 2.24) is 9.88 Å². The molecule has 1 aliphatic heterocycles. The molecule has 0 atom stereocenters. The Kier molecular flexibility index (Phi) is 5.07.